The molecule has 0 saturated carbocycles. The summed E-state index contributed by atoms with van der Waals surface area (Å²) in [5.41, 5.74) is 18.9. The molecule has 12 aromatic rings. The van der Waals surface area contributed by atoms with Crippen molar-refractivity contribution in [2.75, 3.05) is 22.9 Å². The van der Waals surface area contributed by atoms with E-state index in [1.165, 1.54) is 113 Å². The number of pyridine rings is 1. The average molecular weight is 878 g/mol. The van der Waals surface area contributed by atoms with Crippen LogP contribution >= 0.6 is 22.7 Å². The second-order valence-corrected chi connectivity index (χ2v) is 19.4. The molecule has 5 heteroatoms. The molecule has 3 aromatic heterocycles. The predicted octanol–water partition coefficient (Wildman–Crippen LogP) is 17.4. The summed E-state index contributed by atoms with van der Waals surface area (Å²) in [5, 5.41) is 5.19. The van der Waals surface area contributed by atoms with E-state index in [0.29, 0.717) is 0 Å². The Morgan fingerprint density at radius 1 is 0.333 bits per heavy atom. The van der Waals surface area contributed by atoms with E-state index in [1.807, 2.05) is 28.9 Å². The second-order valence-electron chi connectivity index (χ2n) is 17.3. The van der Waals surface area contributed by atoms with Gasteiger partial charge in [0.25, 0.3) is 0 Å². The normalized spacial score (nSPS) is 13.0. The molecule has 0 spiro atoms. The van der Waals surface area contributed by atoms with Gasteiger partial charge in [-0.3, -0.25) is 4.98 Å². The molecule has 0 atom stereocenters. The number of rotatable bonds is 4. The van der Waals surface area contributed by atoms with Crippen molar-refractivity contribution in [1.29, 1.82) is 0 Å². The third kappa shape index (κ3) is 5.64. The number of para-hydroxylation sites is 2. The van der Waals surface area contributed by atoms with E-state index >= 15 is 0 Å². The van der Waals surface area contributed by atoms with Crippen molar-refractivity contribution in [1.82, 2.24) is 4.98 Å². The lowest BCUT2D eigenvalue weighted by Crippen LogP contribution is -2.36. The van der Waals surface area contributed by atoms with Crippen LogP contribution in [0.5, 0.6) is 0 Å². The zero-order valence-corrected chi connectivity index (χ0v) is 37.4. The van der Waals surface area contributed by atoms with Crippen LogP contribution in [0.15, 0.2) is 212 Å². The molecule has 1 aliphatic carbocycles. The minimum atomic E-state index is 0.840. The number of aromatic nitrogens is 1. The Balaban J connectivity index is 1.14. The fraction of sp³-hybridized carbons (Fsp3) is 0.0328. The van der Waals surface area contributed by atoms with Crippen LogP contribution in [0.3, 0.4) is 0 Å². The van der Waals surface area contributed by atoms with E-state index in [-0.39, 0.29) is 0 Å². The number of hydrogen-bond acceptors (Lipinski definition) is 5. The maximum Gasteiger partial charge on any atom is 0.0787 e. The Labute approximate surface area is 390 Å². The van der Waals surface area contributed by atoms with E-state index in [9.17, 15) is 0 Å². The van der Waals surface area contributed by atoms with Gasteiger partial charge in [0, 0.05) is 93.3 Å². The Morgan fingerprint density at radius 3 is 1.29 bits per heavy atom. The van der Waals surface area contributed by atoms with Crippen LogP contribution in [-0.4, -0.2) is 18.1 Å². The molecule has 9 aromatic carbocycles. The van der Waals surface area contributed by atoms with Gasteiger partial charge in [-0.1, -0.05) is 152 Å². The highest BCUT2D eigenvalue weighted by Crippen LogP contribution is 2.57. The highest BCUT2D eigenvalue weighted by Gasteiger charge is 2.33. The monoisotopic (exact) mass is 877 g/mol. The Hall–Kier alpha value is -7.83. The smallest absolute Gasteiger partial charge is 0.0787 e. The maximum absolute atomic E-state index is 5.36. The lowest BCUT2D eigenvalue weighted by molar-refractivity contribution is 0.850. The van der Waals surface area contributed by atoms with Crippen molar-refractivity contribution < 1.29 is 0 Å². The number of nitrogens with zero attached hydrogens (tertiary/aromatic N) is 3. The number of fused-ring (bicyclic) bond motifs is 15. The van der Waals surface area contributed by atoms with E-state index in [1.54, 1.807) is 0 Å². The number of benzene rings is 9. The standard InChI is InChI=1S/C61H39N3S2/c1-3-16-38(17-4-1)63-34-35-64(39-18-5-2-6-19-39)54-37-52-51(36-53(54)63)45-25-12-24-44(50-29-14-27-48-41-21-8-10-32-56(41)66-61(48)50)58(45)57-42(46-30-15-33-62-59(46)52)22-11-23-43(57)49-28-13-26-47-40-20-7-9-31-55(40)65-60(47)49/h1-33,36-37H,34-35H2. The highest BCUT2D eigenvalue weighted by molar-refractivity contribution is 7.26. The molecule has 14 rings (SSSR count). The predicted molar refractivity (Wildman–Crippen MR) is 283 cm³/mol. The fourth-order valence-electron chi connectivity index (χ4n) is 10.9. The minimum absolute atomic E-state index is 0.840. The van der Waals surface area contributed by atoms with Crippen molar-refractivity contribution in [3.63, 3.8) is 0 Å². The topological polar surface area (TPSA) is 19.4 Å². The van der Waals surface area contributed by atoms with Gasteiger partial charge in [0.2, 0.25) is 0 Å². The van der Waals surface area contributed by atoms with Crippen LogP contribution < -0.4 is 9.80 Å². The second kappa shape index (κ2) is 14.9. The molecule has 0 N–H and O–H groups in total. The van der Waals surface area contributed by atoms with Gasteiger partial charge in [-0.15, -0.1) is 22.7 Å². The van der Waals surface area contributed by atoms with Crippen LogP contribution in [0.2, 0.25) is 0 Å². The first kappa shape index (κ1) is 37.5. The summed E-state index contributed by atoms with van der Waals surface area (Å²) >= 11 is 3.79. The zero-order valence-electron chi connectivity index (χ0n) is 35.8. The van der Waals surface area contributed by atoms with Crippen LogP contribution in [-0.2, 0) is 0 Å². The van der Waals surface area contributed by atoms with Gasteiger partial charge >= 0.3 is 0 Å². The first-order valence-corrected chi connectivity index (χ1v) is 24.3. The Kier molecular flexibility index (Phi) is 8.45. The molecular weight excluding hydrogens is 839 g/mol. The van der Waals surface area contributed by atoms with Gasteiger partial charge in [-0.05, 0) is 93.5 Å². The van der Waals surface area contributed by atoms with Gasteiger partial charge in [0.15, 0.2) is 0 Å². The van der Waals surface area contributed by atoms with E-state index in [2.05, 4.69) is 216 Å². The van der Waals surface area contributed by atoms with E-state index in [0.717, 1.165) is 29.9 Å². The molecule has 0 amide bonds. The molecule has 310 valence electrons. The molecular formula is C61H39N3S2. The Morgan fingerprint density at radius 2 is 0.742 bits per heavy atom. The first-order valence-electron chi connectivity index (χ1n) is 22.6. The quantitative estimate of drug-likeness (QED) is 0.176. The molecule has 4 heterocycles. The van der Waals surface area contributed by atoms with Crippen molar-refractivity contribution >= 4 is 85.8 Å². The molecule has 2 aliphatic rings. The summed E-state index contributed by atoms with van der Waals surface area (Å²) in [7, 11) is 0. The highest BCUT2D eigenvalue weighted by atomic mass is 32.1. The average Bonchev–Trinajstić information content (AvgIpc) is 3.97. The lowest BCUT2D eigenvalue weighted by Gasteiger charge is -2.40. The Bertz CT molecular complexity index is 3900. The third-order valence-corrected chi connectivity index (χ3v) is 16.2. The van der Waals surface area contributed by atoms with Crippen LogP contribution in [0, 0.1) is 0 Å². The van der Waals surface area contributed by atoms with Crippen molar-refractivity contribution in [3.05, 3.63) is 212 Å². The number of anilines is 4. The van der Waals surface area contributed by atoms with Crippen LogP contribution in [0.25, 0.3) is 107 Å². The number of thiophene rings is 2. The van der Waals surface area contributed by atoms with Crippen LogP contribution in [0.4, 0.5) is 22.7 Å². The van der Waals surface area contributed by atoms with Gasteiger partial charge in [0.05, 0.1) is 17.1 Å². The third-order valence-electron chi connectivity index (χ3n) is 13.8. The summed E-state index contributed by atoms with van der Waals surface area (Å²) in [5.74, 6) is 0. The molecule has 0 saturated heterocycles. The molecule has 1 aliphatic heterocycles. The molecule has 0 fully saturated rings. The lowest BCUT2D eigenvalue weighted by atomic mass is 9.76. The zero-order chi connectivity index (χ0) is 43.3. The molecule has 0 bridgehead atoms. The van der Waals surface area contributed by atoms with Gasteiger partial charge in [-0.25, -0.2) is 0 Å². The molecule has 0 unspecified atom stereocenters. The molecule has 3 nitrogen and oxygen atoms in total. The number of hydrogen-bond donors (Lipinski definition) is 0. The van der Waals surface area contributed by atoms with Gasteiger partial charge in [-0.2, -0.15) is 0 Å². The molecule has 0 radical (unpaired) electrons. The first-order chi connectivity index (χ1) is 32.8. The van der Waals surface area contributed by atoms with E-state index in [4.69, 9.17) is 4.98 Å². The van der Waals surface area contributed by atoms with Gasteiger partial charge in [0.1, 0.15) is 0 Å². The fourth-order valence-corrected chi connectivity index (χ4v) is 13.4. The summed E-state index contributed by atoms with van der Waals surface area (Å²) in [4.78, 5) is 10.4. The maximum atomic E-state index is 5.36. The largest absolute Gasteiger partial charge is 0.338 e. The minimum Gasteiger partial charge on any atom is -0.338 e. The summed E-state index contributed by atoms with van der Waals surface area (Å²) in [6.07, 6.45) is 1.97. The summed E-state index contributed by atoms with van der Waals surface area (Å²) < 4.78 is 5.22. The summed E-state index contributed by atoms with van der Waals surface area (Å²) in [6.45, 7) is 1.68. The van der Waals surface area contributed by atoms with Crippen LogP contribution in [0.1, 0.15) is 0 Å². The van der Waals surface area contributed by atoms with Gasteiger partial charge < -0.3 is 9.80 Å². The summed E-state index contributed by atoms with van der Waals surface area (Å²) in [6, 6.07) is 76.5. The van der Waals surface area contributed by atoms with Crippen molar-refractivity contribution in [3.8, 4) is 66.9 Å². The van der Waals surface area contributed by atoms with Crippen molar-refractivity contribution in [2.24, 2.45) is 0 Å². The van der Waals surface area contributed by atoms with E-state index < -0.39 is 0 Å². The molecule has 66 heavy (non-hydrogen) atoms. The van der Waals surface area contributed by atoms with Crippen molar-refractivity contribution in [2.45, 2.75) is 0 Å². The SMILES string of the molecule is c1ccc(N2CCN(c3ccccc3)c3cc4c(cc32)-c2cccc(-c3cccc5c3sc3ccccc35)c2-c2c(cccc2-c2cccc3c2sc2ccccc23)-c2cccnc2-4)cc1.